The summed E-state index contributed by atoms with van der Waals surface area (Å²) in [6.07, 6.45) is 0.0251. The van der Waals surface area contributed by atoms with E-state index < -0.39 is 17.7 Å². The molecule has 1 spiro atoms. The second-order valence-electron chi connectivity index (χ2n) is 8.31. The summed E-state index contributed by atoms with van der Waals surface area (Å²) in [7, 11) is 0. The van der Waals surface area contributed by atoms with Gasteiger partial charge in [-0.15, -0.1) is 0 Å². The van der Waals surface area contributed by atoms with Gasteiger partial charge in [-0.1, -0.05) is 17.3 Å². The number of nitrogens with one attached hydrogen (secondary N) is 2. The van der Waals surface area contributed by atoms with E-state index >= 15 is 0 Å². The molecule has 2 aliphatic heterocycles. The predicted octanol–water partition coefficient (Wildman–Crippen LogP) is 3.80. The molecule has 3 amide bonds. The standard InChI is InChI=1S/C21H23N5O3.C2HF3O2/c1-15-5-2-6-16(11-15)24-20(28)26-10-4-8-21(14-26)12-18(25-29-21)19(27)23-17-7-3-9-22-13-17;3-2(4,5)1(6)7/h2-3,5-7,9,11,13H,4,8,10,12,14H2,1H3,(H,23,27)(H,24,28);(H,6,7). The van der Waals surface area contributed by atoms with Crippen LogP contribution in [0.5, 0.6) is 0 Å². The quantitative estimate of drug-likeness (QED) is 0.579. The number of hydrogen-bond acceptors (Lipinski definition) is 6. The Morgan fingerprint density at radius 3 is 2.50 bits per heavy atom. The number of carboxylic acid groups (broad SMARTS) is 1. The number of oxime groups is 1. The van der Waals surface area contributed by atoms with Crippen LogP contribution in [0.25, 0.3) is 0 Å². The number of halogens is 3. The third kappa shape index (κ3) is 7.17. The van der Waals surface area contributed by atoms with Crippen molar-refractivity contribution in [2.45, 2.75) is 38.0 Å². The molecule has 10 nitrogen and oxygen atoms in total. The smallest absolute Gasteiger partial charge is 0.475 e. The Bertz CT molecular complexity index is 1140. The van der Waals surface area contributed by atoms with Gasteiger partial charge in [0.05, 0.1) is 18.4 Å². The Balaban J connectivity index is 0.000000454. The highest BCUT2D eigenvalue weighted by atomic mass is 19.4. The summed E-state index contributed by atoms with van der Waals surface area (Å²) in [5.41, 5.74) is 2.12. The molecule has 1 unspecified atom stereocenters. The zero-order valence-electron chi connectivity index (χ0n) is 19.2. The van der Waals surface area contributed by atoms with Crippen molar-refractivity contribution in [2.24, 2.45) is 5.16 Å². The van der Waals surface area contributed by atoms with Crippen molar-refractivity contribution in [1.82, 2.24) is 9.88 Å². The molecule has 1 fully saturated rings. The number of carbonyl (C=O) groups is 3. The SMILES string of the molecule is Cc1cccc(NC(=O)N2CCCC3(CC(C(=O)Nc4cccnc4)=NO3)C2)c1.O=C(O)C(F)(F)F. The number of urea groups is 1. The zero-order chi connectivity index (χ0) is 26.3. The van der Waals surface area contributed by atoms with Crippen LogP contribution in [-0.4, -0.2) is 63.5 Å². The number of carbonyl (C=O) groups excluding carboxylic acids is 2. The summed E-state index contributed by atoms with van der Waals surface area (Å²) in [5, 5.41) is 16.9. The third-order valence-electron chi connectivity index (χ3n) is 5.36. The second kappa shape index (κ2) is 11.1. The first-order valence-corrected chi connectivity index (χ1v) is 10.9. The van der Waals surface area contributed by atoms with Gasteiger partial charge in [-0.2, -0.15) is 13.2 Å². The summed E-state index contributed by atoms with van der Waals surface area (Å²) in [4.78, 5) is 45.5. The Labute approximate surface area is 204 Å². The molecule has 36 heavy (non-hydrogen) atoms. The Morgan fingerprint density at radius 2 is 1.86 bits per heavy atom. The van der Waals surface area contributed by atoms with Gasteiger partial charge in [0.1, 0.15) is 5.71 Å². The number of nitrogens with zero attached hydrogens (tertiary/aromatic N) is 3. The molecule has 0 aliphatic carbocycles. The van der Waals surface area contributed by atoms with E-state index in [4.69, 9.17) is 14.7 Å². The monoisotopic (exact) mass is 507 g/mol. The van der Waals surface area contributed by atoms with E-state index in [0.717, 1.165) is 24.1 Å². The maximum absolute atomic E-state index is 12.7. The highest BCUT2D eigenvalue weighted by Gasteiger charge is 2.45. The van der Waals surface area contributed by atoms with E-state index in [9.17, 15) is 22.8 Å². The fourth-order valence-electron chi connectivity index (χ4n) is 3.70. The molecule has 2 aromatic rings. The summed E-state index contributed by atoms with van der Waals surface area (Å²) in [5.74, 6) is -3.07. The average molecular weight is 507 g/mol. The molecule has 1 aromatic heterocycles. The van der Waals surface area contributed by atoms with Gasteiger partial charge in [-0.25, -0.2) is 9.59 Å². The van der Waals surface area contributed by atoms with Gasteiger partial charge >= 0.3 is 18.2 Å². The van der Waals surface area contributed by atoms with Crippen molar-refractivity contribution in [3.63, 3.8) is 0 Å². The van der Waals surface area contributed by atoms with Crippen molar-refractivity contribution >= 4 is 35.0 Å². The third-order valence-corrected chi connectivity index (χ3v) is 5.36. The summed E-state index contributed by atoms with van der Waals surface area (Å²) >= 11 is 0. The number of alkyl halides is 3. The van der Waals surface area contributed by atoms with Crippen molar-refractivity contribution in [2.75, 3.05) is 23.7 Å². The van der Waals surface area contributed by atoms with Crippen LogP contribution < -0.4 is 10.6 Å². The lowest BCUT2D eigenvalue weighted by molar-refractivity contribution is -0.192. The number of hydrogen-bond donors (Lipinski definition) is 3. The fraction of sp³-hybridized carbons (Fsp3) is 0.348. The summed E-state index contributed by atoms with van der Waals surface area (Å²) < 4.78 is 31.7. The molecule has 3 heterocycles. The summed E-state index contributed by atoms with van der Waals surface area (Å²) in [6, 6.07) is 11.0. The molecule has 4 rings (SSSR count). The predicted molar refractivity (Wildman–Crippen MR) is 123 cm³/mol. The molecular weight excluding hydrogens is 483 g/mol. The van der Waals surface area contributed by atoms with Crippen molar-refractivity contribution in [3.8, 4) is 0 Å². The van der Waals surface area contributed by atoms with Crippen LogP contribution >= 0.6 is 0 Å². The lowest BCUT2D eigenvalue weighted by Gasteiger charge is -2.38. The number of aromatic nitrogens is 1. The Hall–Kier alpha value is -4.16. The molecule has 0 radical (unpaired) electrons. The van der Waals surface area contributed by atoms with E-state index in [2.05, 4.69) is 20.8 Å². The Kier molecular flexibility index (Phi) is 8.12. The average Bonchev–Trinajstić information content (AvgIpc) is 3.22. The molecule has 3 N–H and O–H groups in total. The van der Waals surface area contributed by atoms with Crippen LogP contribution in [0.15, 0.2) is 53.9 Å². The molecule has 13 heteroatoms. The number of pyridine rings is 1. The van der Waals surface area contributed by atoms with Gasteiger partial charge < -0.3 is 25.5 Å². The van der Waals surface area contributed by atoms with E-state index in [1.807, 2.05) is 31.2 Å². The first-order valence-electron chi connectivity index (χ1n) is 10.9. The lowest BCUT2D eigenvalue weighted by atomic mass is 9.88. The number of likely N-dealkylation sites (tertiary alicyclic amines) is 1. The van der Waals surface area contributed by atoms with E-state index in [-0.39, 0.29) is 11.9 Å². The van der Waals surface area contributed by atoms with E-state index in [1.165, 1.54) is 0 Å². The highest BCUT2D eigenvalue weighted by molar-refractivity contribution is 6.43. The minimum absolute atomic E-state index is 0.175. The Morgan fingerprint density at radius 1 is 1.14 bits per heavy atom. The number of amides is 3. The van der Waals surface area contributed by atoms with Crippen LogP contribution in [0.3, 0.4) is 0 Å². The zero-order valence-corrected chi connectivity index (χ0v) is 19.2. The molecule has 0 bridgehead atoms. The van der Waals surface area contributed by atoms with Gasteiger partial charge in [-0.05, 0) is 49.6 Å². The van der Waals surface area contributed by atoms with Crippen LogP contribution in [-0.2, 0) is 14.4 Å². The fourth-order valence-corrected chi connectivity index (χ4v) is 3.70. The largest absolute Gasteiger partial charge is 0.490 e. The molecular formula is C23H24F3N5O5. The molecule has 2 aliphatic rings. The number of aryl methyl sites for hydroxylation is 1. The second-order valence-corrected chi connectivity index (χ2v) is 8.31. The number of carboxylic acids is 1. The maximum Gasteiger partial charge on any atom is 0.490 e. The first-order chi connectivity index (χ1) is 17.0. The highest BCUT2D eigenvalue weighted by Crippen LogP contribution is 2.34. The molecule has 1 atom stereocenters. The molecule has 0 saturated carbocycles. The van der Waals surface area contributed by atoms with Crippen LogP contribution in [0.2, 0.25) is 0 Å². The van der Waals surface area contributed by atoms with Crippen molar-refractivity contribution < 1.29 is 37.5 Å². The van der Waals surface area contributed by atoms with Gasteiger partial charge in [0.25, 0.3) is 5.91 Å². The van der Waals surface area contributed by atoms with Gasteiger partial charge in [-0.3, -0.25) is 9.78 Å². The van der Waals surface area contributed by atoms with E-state index in [1.54, 1.807) is 29.4 Å². The lowest BCUT2D eigenvalue weighted by Crippen LogP contribution is -2.52. The molecule has 1 saturated heterocycles. The van der Waals surface area contributed by atoms with Gasteiger partial charge in [0.2, 0.25) is 0 Å². The van der Waals surface area contributed by atoms with Crippen LogP contribution in [0, 0.1) is 6.92 Å². The molecule has 1 aromatic carbocycles. The number of rotatable bonds is 3. The number of anilines is 2. The molecule has 192 valence electrons. The van der Waals surface area contributed by atoms with E-state index in [0.29, 0.717) is 30.9 Å². The number of benzene rings is 1. The van der Waals surface area contributed by atoms with Crippen molar-refractivity contribution in [3.05, 3.63) is 54.4 Å². The maximum atomic E-state index is 12.7. The van der Waals surface area contributed by atoms with Crippen molar-refractivity contribution in [1.29, 1.82) is 0 Å². The first kappa shape index (κ1) is 26.4. The minimum Gasteiger partial charge on any atom is -0.475 e. The topological polar surface area (TPSA) is 133 Å². The minimum atomic E-state index is -5.08. The normalized spacial score (nSPS) is 18.9. The van der Waals surface area contributed by atoms with Crippen LogP contribution in [0.4, 0.5) is 29.3 Å². The van der Waals surface area contributed by atoms with Crippen LogP contribution in [0.1, 0.15) is 24.8 Å². The van der Waals surface area contributed by atoms with Gasteiger partial charge in [0, 0.05) is 24.8 Å². The summed E-state index contributed by atoms with van der Waals surface area (Å²) in [6.45, 7) is 3.01. The van der Waals surface area contributed by atoms with Gasteiger partial charge in [0.15, 0.2) is 5.60 Å². The number of aliphatic carboxylic acids is 1. The number of piperidine rings is 1.